The molecule has 3 nitrogen and oxygen atoms in total. The van der Waals surface area contributed by atoms with Crippen LogP contribution < -0.4 is 4.90 Å². The Balaban J connectivity index is 1.49. The minimum absolute atomic E-state index is 0.00927. The Morgan fingerprint density at radius 2 is 1.46 bits per heavy atom. The van der Waals surface area contributed by atoms with E-state index in [0.29, 0.717) is 0 Å². The first-order chi connectivity index (χ1) is 12.7. The van der Waals surface area contributed by atoms with Gasteiger partial charge in [0.25, 0.3) is 0 Å². The summed E-state index contributed by atoms with van der Waals surface area (Å²) in [6.45, 7) is 2.11. The average Bonchev–Trinajstić information content (AvgIpc) is 3.32. The van der Waals surface area contributed by atoms with E-state index in [-0.39, 0.29) is 35.5 Å². The lowest BCUT2D eigenvalue weighted by molar-refractivity contribution is -0.122. The highest BCUT2D eigenvalue weighted by atomic mass is 16.2. The Labute approximate surface area is 154 Å². The first kappa shape index (κ1) is 16.0. The minimum atomic E-state index is -0.173. The Hall–Kier alpha value is -2.16. The maximum atomic E-state index is 13.2. The maximum absolute atomic E-state index is 13.2. The molecule has 2 bridgehead atoms. The number of benzene rings is 1. The van der Waals surface area contributed by atoms with Crippen molar-refractivity contribution in [1.82, 2.24) is 0 Å². The van der Waals surface area contributed by atoms with Crippen molar-refractivity contribution in [3.63, 3.8) is 0 Å². The van der Waals surface area contributed by atoms with E-state index < -0.39 is 0 Å². The summed E-state index contributed by atoms with van der Waals surface area (Å²) in [5, 5.41) is 0. The fourth-order valence-electron chi connectivity index (χ4n) is 5.64. The van der Waals surface area contributed by atoms with Crippen LogP contribution in [-0.2, 0) is 16.0 Å². The number of aryl methyl sites for hydroxylation is 1. The molecule has 4 atom stereocenters. The summed E-state index contributed by atoms with van der Waals surface area (Å²) in [5.74, 6) is -0.00509. The molecule has 26 heavy (non-hydrogen) atoms. The third kappa shape index (κ3) is 2.12. The van der Waals surface area contributed by atoms with E-state index in [1.54, 1.807) is 5.57 Å². The van der Waals surface area contributed by atoms with Crippen molar-refractivity contribution >= 4 is 17.5 Å². The first-order valence-electron chi connectivity index (χ1n) is 10.1. The van der Waals surface area contributed by atoms with Crippen LogP contribution in [0.3, 0.4) is 0 Å². The highest BCUT2D eigenvalue weighted by Gasteiger charge is 2.62. The minimum Gasteiger partial charge on any atom is -0.274 e. The van der Waals surface area contributed by atoms with Crippen LogP contribution in [0.25, 0.3) is 0 Å². The van der Waals surface area contributed by atoms with Gasteiger partial charge in [0.1, 0.15) is 0 Å². The molecule has 1 heterocycles. The second-order valence-corrected chi connectivity index (χ2v) is 8.14. The van der Waals surface area contributed by atoms with E-state index in [1.165, 1.54) is 35.3 Å². The quantitative estimate of drug-likeness (QED) is 0.586. The van der Waals surface area contributed by atoms with E-state index in [9.17, 15) is 9.59 Å². The molecule has 2 saturated carbocycles. The van der Waals surface area contributed by atoms with E-state index in [0.717, 1.165) is 24.9 Å². The molecule has 134 valence electrons. The number of anilines is 1. The molecule has 3 heteroatoms. The molecule has 0 aromatic heterocycles. The first-order valence-corrected chi connectivity index (χ1v) is 10.1. The lowest BCUT2D eigenvalue weighted by Crippen LogP contribution is -2.33. The summed E-state index contributed by atoms with van der Waals surface area (Å²) in [6.07, 6.45) is 11.5. The van der Waals surface area contributed by atoms with Crippen LogP contribution in [0, 0.1) is 23.7 Å². The molecule has 1 saturated heterocycles. The average molecular weight is 347 g/mol. The summed E-state index contributed by atoms with van der Waals surface area (Å²) < 4.78 is 0. The third-order valence-electron chi connectivity index (χ3n) is 6.88. The van der Waals surface area contributed by atoms with E-state index in [1.807, 2.05) is 24.3 Å². The number of amides is 2. The van der Waals surface area contributed by atoms with Gasteiger partial charge in [0.15, 0.2) is 0 Å². The third-order valence-corrected chi connectivity index (χ3v) is 6.88. The molecule has 4 aliphatic rings. The van der Waals surface area contributed by atoms with Crippen LogP contribution in [0.2, 0.25) is 0 Å². The van der Waals surface area contributed by atoms with E-state index in [2.05, 4.69) is 19.1 Å². The summed E-state index contributed by atoms with van der Waals surface area (Å²) in [6, 6.07) is 7.88. The molecule has 0 spiro atoms. The van der Waals surface area contributed by atoms with Gasteiger partial charge >= 0.3 is 0 Å². The molecule has 3 aliphatic carbocycles. The van der Waals surface area contributed by atoms with Gasteiger partial charge in [-0.05, 0) is 49.8 Å². The molecule has 1 aromatic carbocycles. The molecular weight excluding hydrogens is 322 g/mol. The number of carbonyl (C=O) groups is 2. The highest BCUT2D eigenvalue weighted by Crippen LogP contribution is 2.58. The Morgan fingerprint density at radius 3 is 2.00 bits per heavy atom. The zero-order chi connectivity index (χ0) is 17.8. The second-order valence-electron chi connectivity index (χ2n) is 8.14. The predicted molar refractivity (Wildman–Crippen MR) is 102 cm³/mol. The van der Waals surface area contributed by atoms with Gasteiger partial charge < -0.3 is 0 Å². The molecule has 3 fully saturated rings. The number of hydrogen-bond donors (Lipinski definition) is 0. The molecule has 0 radical (unpaired) electrons. The van der Waals surface area contributed by atoms with Crippen LogP contribution in [0.4, 0.5) is 5.69 Å². The van der Waals surface area contributed by atoms with Gasteiger partial charge in [-0.1, -0.05) is 48.8 Å². The van der Waals surface area contributed by atoms with Gasteiger partial charge in [0, 0.05) is 11.8 Å². The summed E-state index contributed by atoms with van der Waals surface area (Å²) >= 11 is 0. The van der Waals surface area contributed by atoms with Crippen LogP contribution in [0.5, 0.6) is 0 Å². The van der Waals surface area contributed by atoms with Gasteiger partial charge in [-0.3, -0.25) is 9.59 Å². The maximum Gasteiger partial charge on any atom is 0.238 e. The van der Waals surface area contributed by atoms with Crippen molar-refractivity contribution in [1.29, 1.82) is 0 Å². The van der Waals surface area contributed by atoms with Crippen molar-refractivity contribution < 1.29 is 9.59 Å². The zero-order valence-corrected chi connectivity index (χ0v) is 15.3. The molecule has 1 aliphatic heterocycles. The highest BCUT2D eigenvalue weighted by molar-refractivity contribution is 6.23. The molecule has 5 rings (SSSR count). The van der Waals surface area contributed by atoms with Crippen molar-refractivity contribution in [3.8, 4) is 0 Å². The van der Waals surface area contributed by atoms with Gasteiger partial charge in [0.2, 0.25) is 11.8 Å². The smallest absolute Gasteiger partial charge is 0.238 e. The van der Waals surface area contributed by atoms with E-state index in [4.69, 9.17) is 0 Å². The Bertz CT molecular complexity index is 790. The van der Waals surface area contributed by atoms with Crippen molar-refractivity contribution in [2.75, 3.05) is 4.90 Å². The number of hydrogen-bond acceptors (Lipinski definition) is 2. The van der Waals surface area contributed by atoms with Crippen LogP contribution in [0.15, 0.2) is 47.6 Å². The van der Waals surface area contributed by atoms with Gasteiger partial charge in [-0.25, -0.2) is 4.90 Å². The second kappa shape index (κ2) is 5.94. The van der Waals surface area contributed by atoms with Crippen molar-refractivity contribution in [2.45, 2.75) is 45.4 Å². The summed E-state index contributed by atoms with van der Waals surface area (Å²) in [7, 11) is 0. The Kier molecular flexibility index (Phi) is 3.66. The lowest BCUT2D eigenvalue weighted by Gasteiger charge is -2.23. The molecule has 0 N–H and O–H groups in total. The number of fused-ring (bicyclic) bond motifs is 5. The standard InChI is InChI=1S/C23H25NO2/c1-2-14-8-10-16(11-9-14)24-22(25)20-17-12-13-18(21(20)23(24)26)19(17)15-6-4-3-5-7-15/h8-13,17-18,20-21H,2-7H2,1H3/t17-,18-,20-,21+/m1/s1. The molecule has 0 unspecified atom stereocenters. The fraction of sp³-hybridized carbons (Fsp3) is 0.478. The summed E-state index contributed by atoms with van der Waals surface area (Å²) in [5.41, 5.74) is 4.93. The van der Waals surface area contributed by atoms with Crippen molar-refractivity contribution in [2.24, 2.45) is 23.7 Å². The van der Waals surface area contributed by atoms with Crippen molar-refractivity contribution in [3.05, 3.63) is 53.1 Å². The van der Waals surface area contributed by atoms with Gasteiger partial charge in [-0.2, -0.15) is 0 Å². The molecule has 1 aromatic rings. The predicted octanol–water partition coefficient (Wildman–Crippen LogP) is 4.43. The lowest BCUT2D eigenvalue weighted by atomic mass is 9.85. The van der Waals surface area contributed by atoms with Gasteiger partial charge in [-0.15, -0.1) is 0 Å². The monoisotopic (exact) mass is 347 g/mol. The largest absolute Gasteiger partial charge is 0.274 e. The van der Waals surface area contributed by atoms with Gasteiger partial charge in [0.05, 0.1) is 17.5 Å². The number of allylic oxidation sites excluding steroid dienone is 4. The SMILES string of the molecule is CCc1ccc(N2C(=O)[C@@H]3[C@H](C2=O)[C@@H]2C=C[C@@H]3C2=C2CCCCC2)cc1. The zero-order valence-electron chi connectivity index (χ0n) is 15.3. The number of rotatable bonds is 2. The molecule has 2 amide bonds. The number of nitrogens with zero attached hydrogens (tertiary/aromatic N) is 1. The fourth-order valence-corrected chi connectivity index (χ4v) is 5.64. The van der Waals surface area contributed by atoms with Crippen LogP contribution in [0.1, 0.15) is 44.6 Å². The Morgan fingerprint density at radius 1 is 0.885 bits per heavy atom. The van der Waals surface area contributed by atoms with Crippen LogP contribution in [-0.4, -0.2) is 11.8 Å². The number of carbonyl (C=O) groups excluding carboxylic acids is 2. The molecular formula is C23H25NO2. The topological polar surface area (TPSA) is 37.4 Å². The summed E-state index contributed by atoms with van der Waals surface area (Å²) in [4.78, 5) is 27.9. The number of imide groups is 1. The normalized spacial score (nSPS) is 32.7. The van der Waals surface area contributed by atoms with E-state index >= 15 is 0 Å². The van der Waals surface area contributed by atoms with Crippen LogP contribution >= 0.6 is 0 Å².